The number of nitrogen functional groups attached to an aromatic ring is 1. The lowest BCUT2D eigenvalue weighted by atomic mass is 10.2. The average Bonchev–Trinajstić information content (AvgIpc) is 3.26. The second-order valence-electron chi connectivity index (χ2n) is 7.32. The molecule has 30 heavy (non-hydrogen) atoms. The Labute approximate surface area is 174 Å². The van der Waals surface area contributed by atoms with Crippen LogP contribution in [0.3, 0.4) is 0 Å². The summed E-state index contributed by atoms with van der Waals surface area (Å²) in [5.41, 5.74) is 5.65. The lowest BCUT2D eigenvalue weighted by Gasteiger charge is -2.25. The zero-order valence-electron chi connectivity index (χ0n) is 17.1. The molecule has 1 saturated carbocycles. The van der Waals surface area contributed by atoms with Gasteiger partial charge in [0.15, 0.2) is 5.69 Å². The van der Waals surface area contributed by atoms with E-state index in [2.05, 4.69) is 4.98 Å². The Hall–Kier alpha value is -2.91. The van der Waals surface area contributed by atoms with Crippen LogP contribution in [0.1, 0.15) is 31.2 Å². The molecule has 9 heteroatoms. The van der Waals surface area contributed by atoms with Gasteiger partial charge in [0.1, 0.15) is 12.4 Å². The summed E-state index contributed by atoms with van der Waals surface area (Å²) in [5, 5.41) is 0. The molecular weight excluding hydrogens is 388 g/mol. The van der Waals surface area contributed by atoms with Gasteiger partial charge >= 0.3 is 5.69 Å². The Balaban J connectivity index is 1.91. The lowest BCUT2D eigenvalue weighted by Crippen LogP contribution is -2.44. The molecule has 1 aromatic carbocycles. The standard InChI is InChI=1S/C21H28N4O5/c1-29-12-11-24(17(26)14-30-16-9-5-6-10-16)18-19(22)25(21(28)23-20(18)27)13-15-7-3-2-4-8-15/h2-4,7-8,16H,5-6,9-14,22H2,1H3,(H,23,27,28). The van der Waals surface area contributed by atoms with Crippen LogP contribution in [0.2, 0.25) is 0 Å². The Morgan fingerprint density at radius 3 is 2.60 bits per heavy atom. The van der Waals surface area contributed by atoms with Crippen LogP contribution < -0.4 is 21.9 Å². The highest BCUT2D eigenvalue weighted by molar-refractivity contribution is 5.96. The number of nitrogens with zero attached hydrogens (tertiary/aromatic N) is 2. The number of hydrogen-bond acceptors (Lipinski definition) is 6. The number of nitrogens with two attached hydrogens (primary N) is 1. The maximum Gasteiger partial charge on any atom is 0.330 e. The number of aromatic amines is 1. The van der Waals surface area contributed by atoms with Gasteiger partial charge in [0.2, 0.25) is 0 Å². The van der Waals surface area contributed by atoms with E-state index >= 15 is 0 Å². The molecule has 1 heterocycles. The fraction of sp³-hybridized carbons (Fsp3) is 0.476. The van der Waals surface area contributed by atoms with Crippen molar-refractivity contribution in [2.45, 2.75) is 38.3 Å². The van der Waals surface area contributed by atoms with Crippen molar-refractivity contribution in [1.29, 1.82) is 0 Å². The van der Waals surface area contributed by atoms with Crippen molar-refractivity contribution in [3.05, 3.63) is 56.7 Å². The van der Waals surface area contributed by atoms with Crippen molar-refractivity contribution in [2.24, 2.45) is 0 Å². The molecule has 1 fully saturated rings. The Morgan fingerprint density at radius 2 is 1.93 bits per heavy atom. The number of benzene rings is 1. The van der Waals surface area contributed by atoms with Crippen LogP contribution in [0.25, 0.3) is 0 Å². The van der Waals surface area contributed by atoms with Gasteiger partial charge in [0.05, 0.1) is 19.3 Å². The Morgan fingerprint density at radius 1 is 1.23 bits per heavy atom. The third-order valence-corrected chi connectivity index (χ3v) is 5.23. The van der Waals surface area contributed by atoms with E-state index in [1.54, 1.807) is 0 Å². The van der Waals surface area contributed by atoms with Crippen LogP contribution in [0.4, 0.5) is 11.5 Å². The third-order valence-electron chi connectivity index (χ3n) is 5.23. The quantitative estimate of drug-likeness (QED) is 0.632. The van der Waals surface area contributed by atoms with Gasteiger partial charge in [-0.1, -0.05) is 43.2 Å². The molecule has 0 saturated heterocycles. The van der Waals surface area contributed by atoms with Gasteiger partial charge in [-0.2, -0.15) is 0 Å². The Bertz CT molecular complexity index is 964. The summed E-state index contributed by atoms with van der Waals surface area (Å²) in [6.07, 6.45) is 4.08. The SMILES string of the molecule is COCCN(C(=O)COC1CCCC1)c1c(N)n(Cc2ccccc2)c(=O)[nH]c1=O. The monoisotopic (exact) mass is 416 g/mol. The average molecular weight is 416 g/mol. The molecule has 3 rings (SSSR count). The molecule has 1 amide bonds. The minimum atomic E-state index is -0.716. The highest BCUT2D eigenvalue weighted by atomic mass is 16.5. The van der Waals surface area contributed by atoms with E-state index in [0.717, 1.165) is 31.2 Å². The van der Waals surface area contributed by atoms with Crippen molar-refractivity contribution in [2.75, 3.05) is 37.5 Å². The summed E-state index contributed by atoms with van der Waals surface area (Å²) in [6, 6.07) is 9.25. The first-order valence-electron chi connectivity index (χ1n) is 10.1. The van der Waals surface area contributed by atoms with Gasteiger partial charge in [-0.15, -0.1) is 0 Å². The Kier molecular flexibility index (Phi) is 7.42. The molecular formula is C21H28N4O5. The zero-order valence-corrected chi connectivity index (χ0v) is 17.1. The maximum atomic E-state index is 12.9. The van der Waals surface area contributed by atoms with Crippen molar-refractivity contribution in [3.63, 3.8) is 0 Å². The summed E-state index contributed by atoms with van der Waals surface area (Å²) in [4.78, 5) is 41.4. The highest BCUT2D eigenvalue weighted by Crippen LogP contribution is 2.22. The van der Waals surface area contributed by atoms with Gasteiger partial charge in [-0.25, -0.2) is 4.79 Å². The molecule has 0 atom stereocenters. The van der Waals surface area contributed by atoms with E-state index in [1.807, 2.05) is 30.3 Å². The number of amides is 1. The summed E-state index contributed by atoms with van der Waals surface area (Å²) in [7, 11) is 1.50. The molecule has 0 bridgehead atoms. The van der Waals surface area contributed by atoms with Crippen LogP contribution in [-0.2, 0) is 20.8 Å². The number of rotatable bonds is 9. The molecule has 9 nitrogen and oxygen atoms in total. The predicted molar refractivity (Wildman–Crippen MR) is 114 cm³/mol. The van der Waals surface area contributed by atoms with E-state index in [0.29, 0.717) is 0 Å². The topological polar surface area (TPSA) is 120 Å². The molecule has 1 aliphatic carbocycles. The van der Waals surface area contributed by atoms with Crippen LogP contribution in [0.15, 0.2) is 39.9 Å². The second-order valence-corrected chi connectivity index (χ2v) is 7.32. The van der Waals surface area contributed by atoms with E-state index in [-0.39, 0.29) is 43.9 Å². The molecule has 162 valence electrons. The van der Waals surface area contributed by atoms with Gasteiger partial charge in [0.25, 0.3) is 11.5 Å². The van der Waals surface area contributed by atoms with Crippen LogP contribution in [-0.4, -0.2) is 48.4 Å². The van der Waals surface area contributed by atoms with E-state index < -0.39 is 17.2 Å². The number of methoxy groups -OCH3 is 1. The number of nitrogens with one attached hydrogen (secondary N) is 1. The van der Waals surface area contributed by atoms with Gasteiger partial charge < -0.3 is 20.1 Å². The molecule has 0 radical (unpaired) electrons. The van der Waals surface area contributed by atoms with Crippen molar-refractivity contribution < 1.29 is 14.3 Å². The summed E-state index contributed by atoms with van der Waals surface area (Å²) >= 11 is 0. The first kappa shape index (κ1) is 21.8. The molecule has 0 aliphatic heterocycles. The minimum absolute atomic E-state index is 0.0564. The fourth-order valence-electron chi connectivity index (χ4n) is 3.63. The number of ether oxygens (including phenoxy) is 2. The van der Waals surface area contributed by atoms with Crippen LogP contribution in [0, 0.1) is 0 Å². The van der Waals surface area contributed by atoms with E-state index in [4.69, 9.17) is 15.2 Å². The molecule has 3 N–H and O–H groups in total. The van der Waals surface area contributed by atoms with Crippen LogP contribution >= 0.6 is 0 Å². The van der Waals surface area contributed by atoms with Gasteiger partial charge in [0, 0.05) is 13.7 Å². The number of carbonyl (C=O) groups is 1. The smallest absolute Gasteiger partial charge is 0.330 e. The highest BCUT2D eigenvalue weighted by Gasteiger charge is 2.25. The van der Waals surface area contributed by atoms with Crippen LogP contribution in [0.5, 0.6) is 0 Å². The van der Waals surface area contributed by atoms with Crippen molar-refractivity contribution in [3.8, 4) is 0 Å². The normalized spacial score (nSPS) is 14.2. The lowest BCUT2D eigenvalue weighted by molar-refractivity contribution is -0.125. The van der Waals surface area contributed by atoms with Crippen molar-refractivity contribution >= 4 is 17.4 Å². The molecule has 1 aromatic heterocycles. The fourth-order valence-corrected chi connectivity index (χ4v) is 3.63. The number of carbonyl (C=O) groups excluding carboxylic acids is 1. The molecule has 1 aliphatic rings. The second kappa shape index (κ2) is 10.2. The predicted octanol–water partition coefficient (Wildman–Crippen LogP) is 1.11. The van der Waals surface area contributed by atoms with Crippen molar-refractivity contribution in [1.82, 2.24) is 9.55 Å². The number of anilines is 2. The third kappa shape index (κ3) is 5.17. The maximum absolute atomic E-state index is 12.9. The first-order chi connectivity index (χ1) is 14.5. The summed E-state index contributed by atoms with van der Waals surface area (Å²) in [5.74, 6) is -0.473. The first-order valence-corrected chi connectivity index (χ1v) is 10.1. The largest absolute Gasteiger partial charge is 0.383 e. The number of H-pyrrole nitrogens is 1. The van der Waals surface area contributed by atoms with Gasteiger partial charge in [-0.05, 0) is 18.4 Å². The molecule has 2 aromatic rings. The summed E-state index contributed by atoms with van der Waals surface area (Å²) in [6.45, 7) is 0.317. The number of hydrogen-bond donors (Lipinski definition) is 2. The van der Waals surface area contributed by atoms with Gasteiger partial charge in [-0.3, -0.25) is 19.1 Å². The van der Waals surface area contributed by atoms with E-state index in [9.17, 15) is 14.4 Å². The molecule has 0 spiro atoms. The van der Waals surface area contributed by atoms with E-state index in [1.165, 1.54) is 16.6 Å². The minimum Gasteiger partial charge on any atom is -0.383 e. The molecule has 0 unspecified atom stereocenters. The summed E-state index contributed by atoms with van der Waals surface area (Å²) < 4.78 is 12.1. The zero-order chi connectivity index (χ0) is 21.5. The number of aromatic nitrogens is 2.